The molecule has 0 radical (unpaired) electrons. The summed E-state index contributed by atoms with van der Waals surface area (Å²) in [5.41, 5.74) is 1.23. The molecule has 2 heterocycles. The number of nitrogens with zero attached hydrogens (tertiary/aromatic N) is 3. The number of thiocarbonyl (C=S) groups is 1. The van der Waals surface area contributed by atoms with E-state index in [0.717, 1.165) is 30.0 Å². The zero-order valence-corrected chi connectivity index (χ0v) is 12.0. The van der Waals surface area contributed by atoms with Gasteiger partial charge in [-0.1, -0.05) is 30.0 Å². The van der Waals surface area contributed by atoms with Crippen LogP contribution in [0.15, 0.2) is 24.5 Å². The van der Waals surface area contributed by atoms with E-state index in [2.05, 4.69) is 20.9 Å². The van der Waals surface area contributed by atoms with Gasteiger partial charge in [0.2, 0.25) is 0 Å². The molecule has 18 heavy (non-hydrogen) atoms. The number of thioether (sulfide) groups is 1. The fraction of sp³-hybridized carbons (Fsp3) is 0.500. The van der Waals surface area contributed by atoms with Gasteiger partial charge in [-0.25, -0.2) is 0 Å². The Bertz CT molecular complexity index is 388. The molecule has 1 saturated heterocycles. The van der Waals surface area contributed by atoms with Crippen molar-refractivity contribution in [2.24, 2.45) is 0 Å². The minimum atomic E-state index is 0.710. The SMILES string of the molecule is COCCN1CN(Cc2cccnc2)CSC1=S. The molecular weight excluding hydrogens is 266 g/mol. The highest BCUT2D eigenvalue weighted by Crippen LogP contribution is 2.20. The van der Waals surface area contributed by atoms with Gasteiger partial charge in [0.1, 0.15) is 4.32 Å². The van der Waals surface area contributed by atoms with E-state index >= 15 is 0 Å². The lowest BCUT2D eigenvalue weighted by Crippen LogP contribution is -2.45. The van der Waals surface area contributed by atoms with E-state index in [1.807, 2.05) is 12.3 Å². The molecular formula is C12H17N3OS2. The van der Waals surface area contributed by atoms with Crippen LogP contribution in [-0.4, -0.2) is 51.9 Å². The Kier molecular flexibility index (Phi) is 5.37. The Labute approximate surface area is 117 Å². The molecule has 6 heteroatoms. The molecule has 0 spiro atoms. The summed E-state index contributed by atoms with van der Waals surface area (Å²) in [4.78, 5) is 8.68. The molecule has 1 fully saturated rings. The van der Waals surface area contributed by atoms with Crippen LogP contribution in [0.25, 0.3) is 0 Å². The predicted octanol–water partition coefficient (Wildman–Crippen LogP) is 1.78. The Morgan fingerprint density at radius 2 is 2.44 bits per heavy atom. The number of hydrogen-bond acceptors (Lipinski definition) is 5. The van der Waals surface area contributed by atoms with Gasteiger partial charge in [0.15, 0.2) is 0 Å². The first-order valence-corrected chi connectivity index (χ1v) is 7.21. The maximum Gasteiger partial charge on any atom is 0.138 e. The second-order valence-corrected chi connectivity index (χ2v) is 5.71. The van der Waals surface area contributed by atoms with E-state index < -0.39 is 0 Å². The molecule has 2 rings (SSSR count). The van der Waals surface area contributed by atoms with Gasteiger partial charge in [0.05, 0.1) is 19.2 Å². The summed E-state index contributed by atoms with van der Waals surface area (Å²) in [7, 11) is 1.72. The summed E-state index contributed by atoms with van der Waals surface area (Å²) < 4.78 is 6.07. The number of hydrogen-bond donors (Lipinski definition) is 0. The summed E-state index contributed by atoms with van der Waals surface area (Å²) >= 11 is 7.06. The molecule has 1 aromatic heterocycles. The van der Waals surface area contributed by atoms with Crippen molar-refractivity contribution in [3.05, 3.63) is 30.1 Å². The summed E-state index contributed by atoms with van der Waals surface area (Å²) in [6.45, 7) is 3.34. The van der Waals surface area contributed by atoms with Gasteiger partial charge in [0, 0.05) is 32.6 Å². The van der Waals surface area contributed by atoms with Crippen LogP contribution in [0.1, 0.15) is 5.56 Å². The highest BCUT2D eigenvalue weighted by molar-refractivity contribution is 8.22. The molecule has 0 amide bonds. The van der Waals surface area contributed by atoms with Crippen LogP contribution in [0, 0.1) is 0 Å². The number of methoxy groups -OCH3 is 1. The van der Waals surface area contributed by atoms with Crippen LogP contribution in [0.2, 0.25) is 0 Å². The number of pyridine rings is 1. The zero-order chi connectivity index (χ0) is 12.8. The first-order chi connectivity index (χ1) is 8.79. The maximum atomic E-state index is 5.35. The first kappa shape index (κ1) is 13.7. The second kappa shape index (κ2) is 7.04. The van der Waals surface area contributed by atoms with Crippen molar-refractivity contribution >= 4 is 28.3 Å². The summed E-state index contributed by atoms with van der Waals surface area (Å²) in [6, 6.07) is 4.07. The van der Waals surface area contributed by atoms with Crippen molar-refractivity contribution < 1.29 is 4.74 Å². The predicted molar refractivity (Wildman–Crippen MR) is 78.3 cm³/mol. The van der Waals surface area contributed by atoms with Crippen molar-refractivity contribution in [3.8, 4) is 0 Å². The molecule has 1 aromatic rings. The second-order valence-electron chi connectivity index (χ2n) is 4.13. The molecule has 1 aliphatic rings. The van der Waals surface area contributed by atoms with E-state index in [0.29, 0.717) is 6.61 Å². The molecule has 0 N–H and O–H groups in total. The maximum absolute atomic E-state index is 5.35. The van der Waals surface area contributed by atoms with Gasteiger partial charge < -0.3 is 9.64 Å². The fourth-order valence-corrected chi connectivity index (χ4v) is 2.89. The minimum absolute atomic E-state index is 0.710. The summed E-state index contributed by atoms with van der Waals surface area (Å²) in [5, 5.41) is 0. The number of aromatic nitrogens is 1. The molecule has 1 aliphatic heterocycles. The Balaban J connectivity index is 1.89. The Hall–Kier alpha value is -0.690. The standard InChI is InChI=1S/C12H17N3OS2/c1-16-6-5-15-9-14(10-18-12(15)17)8-11-3-2-4-13-7-11/h2-4,7H,5-6,8-10H2,1H3. The smallest absolute Gasteiger partial charge is 0.138 e. The van der Waals surface area contributed by atoms with Crippen molar-refractivity contribution in [1.82, 2.24) is 14.8 Å². The van der Waals surface area contributed by atoms with Gasteiger partial charge in [-0.05, 0) is 11.6 Å². The minimum Gasteiger partial charge on any atom is -0.383 e. The Morgan fingerprint density at radius 1 is 1.56 bits per heavy atom. The van der Waals surface area contributed by atoms with E-state index in [4.69, 9.17) is 17.0 Å². The van der Waals surface area contributed by atoms with E-state index in [1.54, 1.807) is 25.1 Å². The molecule has 0 unspecified atom stereocenters. The van der Waals surface area contributed by atoms with E-state index in [-0.39, 0.29) is 0 Å². The molecule has 0 bridgehead atoms. The van der Waals surface area contributed by atoms with E-state index in [9.17, 15) is 0 Å². The van der Waals surface area contributed by atoms with Gasteiger partial charge in [-0.2, -0.15) is 0 Å². The van der Waals surface area contributed by atoms with Gasteiger partial charge in [-0.15, -0.1) is 0 Å². The lowest BCUT2D eigenvalue weighted by molar-refractivity contribution is 0.144. The number of ether oxygens (including phenoxy) is 1. The third kappa shape index (κ3) is 3.91. The van der Waals surface area contributed by atoms with Crippen LogP contribution >= 0.6 is 24.0 Å². The average Bonchev–Trinajstić information content (AvgIpc) is 2.40. The van der Waals surface area contributed by atoms with Crippen LogP contribution in [-0.2, 0) is 11.3 Å². The molecule has 4 nitrogen and oxygen atoms in total. The highest BCUT2D eigenvalue weighted by Gasteiger charge is 2.21. The molecule has 0 aromatic carbocycles. The summed E-state index contributed by atoms with van der Waals surface area (Å²) in [6.07, 6.45) is 3.71. The van der Waals surface area contributed by atoms with Gasteiger partial charge in [-0.3, -0.25) is 9.88 Å². The van der Waals surface area contributed by atoms with Crippen molar-refractivity contribution in [2.75, 3.05) is 32.8 Å². The first-order valence-electron chi connectivity index (χ1n) is 5.81. The van der Waals surface area contributed by atoms with Crippen LogP contribution in [0.4, 0.5) is 0 Å². The van der Waals surface area contributed by atoms with Crippen LogP contribution in [0.3, 0.4) is 0 Å². The normalized spacial score (nSPS) is 17.2. The lowest BCUT2D eigenvalue weighted by Gasteiger charge is -2.36. The molecule has 0 saturated carbocycles. The summed E-state index contributed by atoms with van der Waals surface area (Å²) in [5.74, 6) is 0.942. The van der Waals surface area contributed by atoms with Crippen LogP contribution in [0.5, 0.6) is 0 Å². The Morgan fingerprint density at radius 3 is 3.17 bits per heavy atom. The largest absolute Gasteiger partial charge is 0.383 e. The van der Waals surface area contributed by atoms with Gasteiger partial charge in [0.25, 0.3) is 0 Å². The third-order valence-electron chi connectivity index (χ3n) is 2.69. The van der Waals surface area contributed by atoms with Crippen molar-refractivity contribution in [3.63, 3.8) is 0 Å². The topological polar surface area (TPSA) is 28.6 Å². The lowest BCUT2D eigenvalue weighted by atomic mass is 10.3. The van der Waals surface area contributed by atoms with Crippen molar-refractivity contribution in [1.29, 1.82) is 0 Å². The average molecular weight is 283 g/mol. The number of rotatable bonds is 5. The molecule has 0 aliphatic carbocycles. The van der Waals surface area contributed by atoms with E-state index in [1.165, 1.54) is 5.56 Å². The quantitative estimate of drug-likeness (QED) is 0.765. The highest BCUT2D eigenvalue weighted by atomic mass is 32.2. The molecule has 0 atom stereocenters. The fourth-order valence-electron chi connectivity index (χ4n) is 1.79. The monoisotopic (exact) mass is 283 g/mol. The van der Waals surface area contributed by atoms with Gasteiger partial charge >= 0.3 is 0 Å². The van der Waals surface area contributed by atoms with Crippen LogP contribution < -0.4 is 0 Å². The van der Waals surface area contributed by atoms with Crippen molar-refractivity contribution in [2.45, 2.75) is 6.54 Å². The zero-order valence-electron chi connectivity index (χ0n) is 10.4. The molecule has 98 valence electrons. The third-order valence-corrected chi connectivity index (χ3v) is 4.30.